The third-order valence-electron chi connectivity index (χ3n) is 2.61. The zero-order chi connectivity index (χ0) is 13.8. The van der Waals surface area contributed by atoms with E-state index in [2.05, 4.69) is 4.98 Å². The van der Waals surface area contributed by atoms with Gasteiger partial charge in [0.2, 0.25) is 0 Å². The first-order chi connectivity index (χ1) is 9.11. The normalized spacial score (nSPS) is 10.9. The summed E-state index contributed by atoms with van der Waals surface area (Å²) in [5.74, 6) is -0.677. The monoisotopic (exact) mass is 277 g/mol. The van der Waals surface area contributed by atoms with Crippen LogP contribution in [-0.2, 0) is 0 Å². The highest BCUT2D eigenvalue weighted by atomic mass is 32.1. The van der Waals surface area contributed by atoms with Crippen LogP contribution in [0.1, 0.15) is 20.9 Å². The van der Waals surface area contributed by atoms with Crippen LogP contribution in [0.15, 0.2) is 29.8 Å². The molecule has 0 saturated carbocycles. The number of methoxy groups -OCH3 is 1. The summed E-state index contributed by atoms with van der Waals surface area (Å²) in [6.07, 6.45) is 3.11. The Morgan fingerprint density at radius 3 is 2.84 bits per heavy atom. The summed E-state index contributed by atoms with van der Waals surface area (Å²) in [6.45, 7) is 1.87. The minimum atomic E-state index is -0.546. The van der Waals surface area contributed by atoms with Crippen LogP contribution in [0.2, 0.25) is 0 Å². The van der Waals surface area contributed by atoms with Crippen molar-refractivity contribution < 1.29 is 13.9 Å². The Labute approximate surface area is 114 Å². The molecule has 1 aromatic carbocycles. The lowest BCUT2D eigenvalue weighted by molar-refractivity contribution is 0.104. The van der Waals surface area contributed by atoms with Crippen molar-refractivity contribution in [3.63, 3.8) is 0 Å². The second-order valence-electron chi connectivity index (χ2n) is 3.85. The van der Waals surface area contributed by atoms with Gasteiger partial charge in [0, 0.05) is 10.4 Å². The van der Waals surface area contributed by atoms with E-state index in [1.54, 1.807) is 11.6 Å². The molecular formula is C14H12FNO2S. The van der Waals surface area contributed by atoms with Crippen molar-refractivity contribution in [2.75, 3.05) is 7.11 Å². The van der Waals surface area contributed by atoms with E-state index in [-0.39, 0.29) is 17.1 Å². The van der Waals surface area contributed by atoms with Crippen molar-refractivity contribution in [1.29, 1.82) is 0 Å². The number of aromatic nitrogens is 1. The van der Waals surface area contributed by atoms with Gasteiger partial charge in [-0.1, -0.05) is 0 Å². The number of ether oxygens (including phenoxy) is 1. The van der Waals surface area contributed by atoms with Gasteiger partial charge in [0.05, 0.1) is 18.3 Å². The van der Waals surface area contributed by atoms with Gasteiger partial charge in [-0.05, 0) is 37.3 Å². The lowest BCUT2D eigenvalue weighted by Crippen LogP contribution is -1.96. The zero-order valence-corrected chi connectivity index (χ0v) is 11.3. The van der Waals surface area contributed by atoms with Crippen molar-refractivity contribution in [1.82, 2.24) is 4.98 Å². The van der Waals surface area contributed by atoms with Gasteiger partial charge in [-0.25, -0.2) is 9.37 Å². The first-order valence-electron chi connectivity index (χ1n) is 5.58. The standard InChI is InChI=1S/C14H12FNO2S/c1-9-14(19-8-16-9)6-4-12(17)10-3-5-13(18-2)11(15)7-10/h3-8H,1-2H3. The number of allylic oxidation sites excluding steroid dienone is 1. The van der Waals surface area contributed by atoms with E-state index in [0.717, 1.165) is 10.6 Å². The Hall–Kier alpha value is -2.01. The number of hydrogen-bond donors (Lipinski definition) is 0. The maximum absolute atomic E-state index is 13.5. The van der Waals surface area contributed by atoms with E-state index in [1.165, 1.54) is 42.7 Å². The number of benzene rings is 1. The highest BCUT2D eigenvalue weighted by Crippen LogP contribution is 2.19. The van der Waals surface area contributed by atoms with Crippen LogP contribution < -0.4 is 4.74 Å². The third-order valence-corrected chi connectivity index (χ3v) is 3.50. The topological polar surface area (TPSA) is 39.2 Å². The first kappa shape index (κ1) is 13.4. The number of aryl methyl sites for hydroxylation is 1. The number of nitrogens with zero attached hydrogens (tertiary/aromatic N) is 1. The molecule has 2 aromatic rings. The summed E-state index contributed by atoms with van der Waals surface area (Å²) < 4.78 is 18.3. The van der Waals surface area contributed by atoms with E-state index < -0.39 is 5.82 Å². The van der Waals surface area contributed by atoms with E-state index in [9.17, 15) is 9.18 Å². The molecule has 0 radical (unpaired) electrons. The number of carbonyl (C=O) groups is 1. The molecule has 1 heterocycles. The maximum atomic E-state index is 13.5. The quantitative estimate of drug-likeness (QED) is 0.634. The lowest BCUT2D eigenvalue weighted by Gasteiger charge is -2.02. The summed E-state index contributed by atoms with van der Waals surface area (Å²) in [6, 6.07) is 4.15. The van der Waals surface area contributed by atoms with E-state index in [1.807, 2.05) is 6.92 Å². The first-order valence-corrected chi connectivity index (χ1v) is 6.46. The van der Waals surface area contributed by atoms with Crippen molar-refractivity contribution in [2.24, 2.45) is 0 Å². The number of thiazole rings is 1. The van der Waals surface area contributed by atoms with Crippen LogP contribution in [-0.4, -0.2) is 17.9 Å². The van der Waals surface area contributed by atoms with Crippen LogP contribution >= 0.6 is 11.3 Å². The minimum absolute atomic E-state index is 0.124. The zero-order valence-electron chi connectivity index (χ0n) is 10.5. The predicted molar refractivity (Wildman–Crippen MR) is 73.2 cm³/mol. The van der Waals surface area contributed by atoms with Gasteiger partial charge in [0.15, 0.2) is 17.3 Å². The summed E-state index contributed by atoms with van der Waals surface area (Å²) in [4.78, 5) is 16.9. The molecule has 3 nitrogen and oxygen atoms in total. The molecule has 0 aliphatic heterocycles. The molecule has 0 fully saturated rings. The third kappa shape index (κ3) is 3.06. The molecule has 1 aromatic heterocycles. The number of carbonyl (C=O) groups excluding carboxylic acids is 1. The summed E-state index contributed by atoms with van der Waals surface area (Å²) in [5.41, 5.74) is 2.87. The Morgan fingerprint density at radius 1 is 1.47 bits per heavy atom. The molecule has 5 heteroatoms. The molecule has 0 atom stereocenters. The van der Waals surface area contributed by atoms with Gasteiger partial charge in [-0.3, -0.25) is 4.79 Å². The van der Waals surface area contributed by atoms with E-state index >= 15 is 0 Å². The lowest BCUT2D eigenvalue weighted by atomic mass is 10.1. The SMILES string of the molecule is COc1ccc(C(=O)C=Cc2scnc2C)cc1F. The van der Waals surface area contributed by atoms with Crippen LogP contribution in [0.3, 0.4) is 0 Å². The van der Waals surface area contributed by atoms with Gasteiger partial charge in [0.1, 0.15) is 0 Å². The van der Waals surface area contributed by atoms with Crippen LogP contribution in [0, 0.1) is 12.7 Å². The Bertz CT molecular complexity index is 634. The second-order valence-corrected chi connectivity index (χ2v) is 4.74. The molecule has 0 bridgehead atoms. The molecular weight excluding hydrogens is 265 g/mol. The summed E-state index contributed by atoms with van der Waals surface area (Å²) >= 11 is 1.45. The molecule has 0 aliphatic carbocycles. The second kappa shape index (κ2) is 5.75. The van der Waals surface area contributed by atoms with E-state index in [0.29, 0.717) is 0 Å². The average molecular weight is 277 g/mol. The van der Waals surface area contributed by atoms with Gasteiger partial charge in [-0.15, -0.1) is 11.3 Å². The summed E-state index contributed by atoms with van der Waals surface area (Å²) in [5, 5.41) is 0. The summed E-state index contributed by atoms with van der Waals surface area (Å²) in [7, 11) is 1.38. The molecule has 0 unspecified atom stereocenters. The van der Waals surface area contributed by atoms with Crippen molar-refractivity contribution in [3.8, 4) is 5.75 Å². The van der Waals surface area contributed by atoms with Gasteiger partial charge in [-0.2, -0.15) is 0 Å². The molecule has 98 valence electrons. The Morgan fingerprint density at radius 2 is 2.26 bits per heavy atom. The van der Waals surface area contributed by atoms with Crippen LogP contribution in [0.5, 0.6) is 5.75 Å². The fourth-order valence-corrected chi connectivity index (χ4v) is 2.23. The molecule has 19 heavy (non-hydrogen) atoms. The maximum Gasteiger partial charge on any atom is 0.185 e. The molecule has 0 saturated heterocycles. The van der Waals surface area contributed by atoms with Gasteiger partial charge >= 0.3 is 0 Å². The highest BCUT2D eigenvalue weighted by Gasteiger charge is 2.08. The number of rotatable bonds is 4. The largest absolute Gasteiger partial charge is 0.494 e. The molecule has 0 N–H and O–H groups in total. The fraction of sp³-hybridized carbons (Fsp3) is 0.143. The molecule has 0 aliphatic rings. The predicted octanol–water partition coefficient (Wildman–Crippen LogP) is 3.50. The number of hydrogen-bond acceptors (Lipinski definition) is 4. The highest BCUT2D eigenvalue weighted by molar-refractivity contribution is 7.10. The van der Waals surface area contributed by atoms with E-state index in [4.69, 9.17) is 4.74 Å². The average Bonchev–Trinajstić information content (AvgIpc) is 2.81. The van der Waals surface area contributed by atoms with Crippen molar-refractivity contribution in [2.45, 2.75) is 6.92 Å². The smallest absolute Gasteiger partial charge is 0.185 e. The molecule has 0 amide bonds. The number of halogens is 1. The molecule has 2 rings (SSSR count). The van der Waals surface area contributed by atoms with Gasteiger partial charge in [0.25, 0.3) is 0 Å². The van der Waals surface area contributed by atoms with Gasteiger partial charge < -0.3 is 4.74 Å². The Kier molecular flexibility index (Phi) is 4.06. The fourth-order valence-electron chi connectivity index (χ4n) is 1.54. The minimum Gasteiger partial charge on any atom is -0.494 e. The molecule has 0 spiro atoms. The van der Waals surface area contributed by atoms with Crippen molar-refractivity contribution >= 4 is 23.2 Å². The Balaban J connectivity index is 2.19. The van der Waals surface area contributed by atoms with Crippen LogP contribution in [0.25, 0.3) is 6.08 Å². The van der Waals surface area contributed by atoms with Crippen molar-refractivity contribution in [3.05, 3.63) is 51.7 Å². The number of ketones is 1. The van der Waals surface area contributed by atoms with Crippen LogP contribution in [0.4, 0.5) is 4.39 Å².